The van der Waals surface area contributed by atoms with Gasteiger partial charge >= 0.3 is 0 Å². The van der Waals surface area contributed by atoms with Crippen LogP contribution in [0, 0.1) is 0 Å². The second-order valence-electron chi connectivity index (χ2n) is 3.99. The maximum absolute atomic E-state index is 2.24. The Kier molecular flexibility index (Phi) is 4.45. The third kappa shape index (κ3) is 3.37. The van der Waals surface area contributed by atoms with Crippen LogP contribution in [0.15, 0.2) is 35.9 Å². The molecule has 0 aliphatic heterocycles. The summed E-state index contributed by atoms with van der Waals surface area (Å²) in [5, 5.41) is 0. The molecule has 76 valence electrons. The number of allylic oxidation sites excluding steroid dienone is 2. The molecule has 0 atom stereocenters. The summed E-state index contributed by atoms with van der Waals surface area (Å²) in [4.78, 5) is 0. The van der Waals surface area contributed by atoms with Crippen molar-refractivity contribution in [3.8, 4) is 0 Å². The normalized spacial score (nSPS) is 12.5. The van der Waals surface area contributed by atoms with Crippen LogP contribution >= 0.6 is 0 Å². The lowest BCUT2D eigenvalue weighted by molar-refractivity contribution is 0.912. The van der Waals surface area contributed by atoms with Crippen molar-refractivity contribution in [3.63, 3.8) is 0 Å². The van der Waals surface area contributed by atoms with E-state index < -0.39 is 0 Å². The van der Waals surface area contributed by atoms with Crippen molar-refractivity contribution >= 4 is 0 Å². The van der Waals surface area contributed by atoms with Gasteiger partial charge in [-0.25, -0.2) is 0 Å². The molecule has 0 aromatic heterocycles. The van der Waals surface area contributed by atoms with Gasteiger partial charge < -0.3 is 0 Å². The predicted octanol–water partition coefficient (Wildman–Crippen LogP) is 4.15. The third-order valence-corrected chi connectivity index (χ3v) is 2.59. The minimum atomic E-state index is 1.30. The Morgan fingerprint density at radius 3 is 1.86 bits per heavy atom. The van der Waals surface area contributed by atoms with Crippen molar-refractivity contribution < 1.29 is 0 Å². The Labute approximate surface area is 87.7 Å². The summed E-state index contributed by atoms with van der Waals surface area (Å²) >= 11 is 0. The minimum absolute atomic E-state index is 1.30. The predicted molar refractivity (Wildman–Crippen MR) is 63.6 cm³/mol. The van der Waals surface area contributed by atoms with Crippen LogP contribution in [0.3, 0.4) is 0 Å². The summed E-state index contributed by atoms with van der Waals surface area (Å²) in [6.45, 7) is 6.20. The Bertz CT molecular complexity index is 281. The Balaban J connectivity index is 0.000000171. The number of fused-ring (bicyclic) bond motifs is 1. The van der Waals surface area contributed by atoms with Crippen LogP contribution in [0.2, 0.25) is 0 Å². The summed E-state index contributed by atoms with van der Waals surface area (Å²) < 4.78 is 0. The first-order valence-electron chi connectivity index (χ1n) is 5.40. The number of aryl methyl sites for hydroxylation is 2. The lowest BCUT2D eigenvalue weighted by Gasteiger charge is -1.93. The fraction of sp³-hybridized carbons (Fsp3) is 0.429. The van der Waals surface area contributed by atoms with Crippen LogP contribution in [0.5, 0.6) is 0 Å². The molecule has 0 bridgehead atoms. The van der Waals surface area contributed by atoms with Gasteiger partial charge in [-0.05, 0) is 51.2 Å². The smallest absolute Gasteiger partial charge is 0.0273 e. The fourth-order valence-electron chi connectivity index (χ4n) is 1.51. The molecule has 0 saturated carbocycles. The first-order valence-corrected chi connectivity index (χ1v) is 5.40. The molecule has 0 N–H and O–H groups in total. The van der Waals surface area contributed by atoms with Gasteiger partial charge in [-0.15, -0.1) is 0 Å². The summed E-state index contributed by atoms with van der Waals surface area (Å²) in [5.41, 5.74) is 4.51. The van der Waals surface area contributed by atoms with Crippen molar-refractivity contribution in [2.75, 3.05) is 0 Å². The second kappa shape index (κ2) is 5.64. The summed E-state index contributed by atoms with van der Waals surface area (Å²) in [6.07, 6.45) is 6.05. The topological polar surface area (TPSA) is 0 Å². The highest BCUT2D eigenvalue weighted by Crippen LogP contribution is 2.20. The van der Waals surface area contributed by atoms with Crippen molar-refractivity contribution in [2.24, 2.45) is 0 Å². The highest BCUT2D eigenvalue weighted by atomic mass is 14.1. The zero-order valence-electron chi connectivity index (χ0n) is 9.51. The lowest BCUT2D eigenvalue weighted by Crippen LogP contribution is -1.77. The number of benzene rings is 1. The molecule has 2 rings (SSSR count). The first-order chi connectivity index (χ1) is 6.74. The molecule has 0 heterocycles. The number of rotatable bonds is 0. The highest BCUT2D eigenvalue weighted by Gasteiger charge is 2.07. The molecule has 0 amide bonds. The zero-order chi connectivity index (χ0) is 10.4. The van der Waals surface area contributed by atoms with E-state index in [1.165, 1.54) is 24.8 Å². The van der Waals surface area contributed by atoms with Gasteiger partial charge in [-0.2, -0.15) is 0 Å². The van der Waals surface area contributed by atoms with Crippen molar-refractivity contribution in [1.82, 2.24) is 0 Å². The molecule has 0 fully saturated rings. The Morgan fingerprint density at radius 1 is 1.07 bits per heavy atom. The summed E-state index contributed by atoms with van der Waals surface area (Å²) in [5.74, 6) is 0. The van der Waals surface area contributed by atoms with Gasteiger partial charge in [0, 0.05) is 0 Å². The van der Waals surface area contributed by atoms with E-state index in [2.05, 4.69) is 44.2 Å². The second-order valence-corrected chi connectivity index (χ2v) is 3.99. The van der Waals surface area contributed by atoms with Gasteiger partial charge in [0.1, 0.15) is 0 Å². The monoisotopic (exact) mass is 188 g/mol. The standard InChI is InChI=1S/C9H10.C5H10/c1-2-5-9-7-3-6-8(9)4-1;1-4-5(2)3/h1-2,4-5H,3,6-7H2;4H,1-3H3. The molecule has 0 saturated heterocycles. The molecule has 14 heavy (non-hydrogen) atoms. The molecule has 1 aliphatic carbocycles. The van der Waals surface area contributed by atoms with E-state index in [0.29, 0.717) is 0 Å². The van der Waals surface area contributed by atoms with Crippen LogP contribution < -0.4 is 0 Å². The van der Waals surface area contributed by atoms with E-state index in [-0.39, 0.29) is 0 Å². The highest BCUT2D eigenvalue weighted by molar-refractivity contribution is 5.30. The van der Waals surface area contributed by atoms with Crippen LogP contribution in [-0.2, 0) is 12.8 Å². The van der Waals surface area contributed by atoms with Gasteiger partial charge in [-0.3, -0.25) is 0 Å². The molecule has 0 heteroatoms. The molecule has 0 spiro atoms. The molecule has 0 nitrogen and oxygen atoms in total. The van der Waals surface area contributed by atoms with E-state index in [4.69, 9.17) is 0 Å². The molecule has 1 aliphatic rings. The van der Waals surface area contributed by atoms with Crippen LogP contribution in [0.4, 0.5) is 0 Å². The van der Waals surface area contributed by atoms with Crippen molar-refractivity contribution in [1.29, 1.82) is 0 Å². The Morgan fingerprint density at radius 2 is 1.50 bits per heavy atom. The summed E-state index contributed by atoms with van der Waals surface area (Å²) in [6, 6.07) is 8.74. The van der Waals surface area contributed by atoms with Gasteiger partial charge in [0.05, 0.1) is 0 Å². The molecular weight excluding hydrogens is 168 g/mol. The molecule has 1 aromatic carbocycles. The van der Waals surface area contributed by atoms with E-state index in [9.17, 15) is 0 Å². The van der Waals surface area contributed by atoms with Crippen LogP contribution in [-0.4, -0.2) is 0 Å². The average molecular weight is 188 g/mol. The van der Waals surface area contributed by atoms with Gasteiger partial charge in [-0.1, -0.05) is 35.9 Å². The largest absolute Gasteiger partial charge is 0.0890 e. The molecule has 0 radical (unpaired) electrons. The maximum atomic E-state index is 2.24. The molecule has 1 aromatic rings. The van der Waals surface area contributed by atoms with E-state index in [1.54, 1.807) is 11.1 Å². The lowest BCUT2D eigenvalue weighted by atomic mass is 10.1. The first kappa shape index (κ1) is 11.0. The van der Waals surface area contributed by atoms with Gasteiger partial charge in [0.2, 0.25) is 0 Å². The molecular formula is C14H20. The van der Waals surface area contributed by atoms with E-state index in [1.807, 2.05) is 6.92 Å². The van der Waals surface area contributed by atoms with Crippen LogP contribution in [0.1, 0.15) is 38.3 Å². The SMILES string of the molecule is CC=C(C)C.c1ccc2c(c1)CCC2. The van der Waals surface area contributed by atoms with E-state index >= 15 is 0 Å². The number of hydrogen-bond donors (Lipinski definition) is 0. The number of hydrogen-bond acceptors (Lipinski definition) is 0. The maximum Gasteiger partial charge on any atom is -0.0273 e. The van der Waals surface area contributed by atoms with Crippen molar-refractivity contribution in [3.05, 3.63) is 47.0 Å². The minimum Gasteiger partial charge on any atom is -0.0890 e. The average Bonchev–Trinajstić information content (AvgIpc) is 2.66. The van der Waals surface area contributed by atoms with E-state index in [0.717, 1.165) is 0 Å². The third-order valence-electron chi connectivity index (χ3n) is 2.59. The quantitative estimate of drug-likeness (QED) is 0.537. The Hall–Kier alpha value is -1.04. The van der Waals surface area contributed by atoms with Crippen molar-refractivity contribution in [2.45, 2.75) is 40.0 Å². The van der Waals surface area contributed by atoms with Gasteiger partial charge in [0.25, 0.3) is 0 Å². The molecule has 0 unspecified atom stereocenters. The summed E-state index contributed by atoms with van der Waals surface area (Å²) in [7, 11) is 0. The fourth-order valence-corrected chi connectivity index (χ4v) is 1.51. The van der Waals surface area contributed by atoms with Gasteiger partial charge in [0.15, 0.2) is 0 Å². The van der Waals surface area contributed by atoms with Crippen LogP contribution in [0.25, 0.3) is 0 Å². The zero-order valence-corrected chi connectivity index (χ0v) is 9.51.